The zero-order valence-corrected chi connectivity index (χ0v) is 23.0. The van der Waals surface area contributed by atoms with Crippen molar-refractivity contribution in [2.75, 3.05) is 41.0 Å². The zero-order valence-electron chi connectivity index (χ0n) is 23.0. The predicted molar refractivity (Wildman–Crippen MR) is 131 cm³/mol. The van der Waals surface area contributed by atoms with E-state index in [-0.39, 0.29) is 65.2 Å². The van der Waals surface area contributed by atoms with Crippen LogP contribution in [-0.4, -0.2) is 99.0 Å². The van der Waals surface area contributed by atoms with Crippen molar-refractivity contribution in [1.29, 1.82) is 0 Å². The molecule has 0 amide bonds. The van der Waals surface area contributed by atoms with E-state index >= 15 is 0 Å². The van der Waals surface area contributed by atoms with Gasteiger partial charge in [0, 0.05) is 88.7 Å². The number of nitrogens with zero attached hydrogens (tertiary/aromatic N) is 1. The van der Waals surface area contributed by atoms with Crippen LogP contribution in [-0.2, 0) is 33.3 Å². The Morgan fingerprint density at radius 3 is 2.41 bits per heavy atom. The highest BCUT2D eigenvalue weighted by atomic mass is 16.6. The molecule has 1 spiro atoms. The molecule has 0 radical (unpaired) electrons. The Bertz CT molecular complexity index is 960. The van der Waals surface area contributed by atoms with Gasteiger partial charge in [0.15, 0.2) is 0 Å². The molecule has 1 aliphatic heterocycles. The fourth-order valence-electron chi connectivity index (χ4n) is 11.4. The number of methoxy groups -OCH3 is 3. The maximum Gasteiger partial charge on any atom is 0.303 e. The molecule has 9 heteroatoms. The number of aliphatic hydroxyl groups is 1. The number of piperidine rings is 1. The van der Waals surface area contributed by atoms with Gasteiger partial charge in [0.1, 0.15) is 11.7 Å². The molecule has 4 unspecified atom stereocenters. The van der Waals surface area contributed by atoms with Gasteiger partial charge >= 0.3 is 11.9 Å². The van der Waals surface area contributed by atoms with Gasteiger partial charge < -0.3 is 28.8 Å². The molecule has 13 atom stereocenters. The molecule has 5 aliphatic carbocycles. The van der Waals surface area contributed by atoms with E-state index in [4.69, 9.17) is 23.7 Å². The molecular formula is C28H43NO8. The Labute approximate surface area is 219 Å². The lowest BCUT2D eigenvalue weighted by Crippen LogP contribution is -2.76. The average Bonchev–Trinajstić information content (AvgIpc) is 3.27. The summed E-state index contributed by atoms with van der Waals surface area (Å²) in [5.41, 5.74) is -1.57. The lowest BCUT2D eigenvalue weighted by molar-refractivity contribution is -0.278. The van der Waals surface area contributed by atoms with Crippen LogP contribution in [0, 0.1) is 40.4 Å². The normalized spacial score (nSPS) is 53.2. The second-order valence-corrected chi connectivity index (χ2v) is 12.7. The number of carbonyl (C=O) groups excluding carboxylic acids is 2. The highest BCUT2D eigenvalue weighted by molar-refractivity contribution is 5.68. The van der Waals surface area contributed by atoms with Gasteiger partial charge in [-0.25, -0.2) is 0 Å². The van der Waals surface area contributed by atoms with E-state index in [0.717, 1.165) is 25.9 Å². The molecule has 37 heavy (non-hydrogen) atoms. The van der Waals surface area contributed by atoms with E-state index in [2.05, 4.69) is 11.8 Å². The number of likely N-dealkylation sites (tertiary alicyclic amines) is 1. The van der Waals surface area contributed by atoms with Gasteiger partial charge in [0.05, 0.1) is 24.9 Å². The SMILES string of the molecule is CCN1C[C@]2(COC)CCC(O)C34[C@@H]5C[C@@H]6C(OC(C)=O)[C@@H]5[C@](OC(C)=O)(C[C@@H]6OC)[C@@H](C(OC)[C@@H]32)[C@H]14. The Morgan fingerprint density at radius 1 is 1.05 bits per heavy atom. The molecule has 1 heterocycles. The molecule has 1 saturated heterocycles. The van der Waals surface area contributed by atoms with E-state index in [1.165, 1.54) is 13.8 Å². The molecule has 6 rings (SSSR count). The smallest absolute Gasteiger partial charge is 0.303 e. The first-order valence-electron chi connectivity index (χ1n) is 14.0. The van der Waals surface area contributed by atoms with Crippen molar-refractivity contribution in [3.63, 3.8) is 0 Å². The van der Waals surface area contributed by atoms with Crippen LogP contribution < -0.4 is 0 Å². The summed E-state index contributed by atoms with van der Waals surface area (Å²) in [7, 11) is 5.22. The third-order valence-corrected chi connectivity index (χ3v) is 11.7. The minimum absolute atomic E-state index is 0.00590. The molecule has 0 aromatic carbocycles. The lowest BCUT2D eigenvalue weighted by atomic mass is 9.43. The Kier molecular flexibility index (Phi) is 6.05. The summed E-state index contributed by atoms with van der Waals surface area (Å²) in [6.45, 7) is 7.38. The van der Waals surface area contributed by atoms with E-state index < -0.39 is 23.2 Å². The standard InChI is InChI=1S/C28H43NO8/c1-7-29-12-26(13-33-4)9-8-19(32)28-17-10-16-18(34-5)11-27(37-15(3)31,20(17)22(16)36-14(2)30)21(25(28)29)23(35-6)24(26)28/h16-25,32H,7-13H2,1-6H3/t16-,17+,18-,19?,20+,21-,22?,23?,24+,25-,26-,27+,28?/m0/s1. The summed E-state index contributed by atoms with van der Waals surface area (Å²) < 4.78 is 31.0. The Hall–Kier alpha value is -1.26. The van der Waals surface area contributed by atoms with E-state index in [1.807, 2.05) is 0 Å². The molecule has 1 N–H and O–H groups in total. The van der Waals surface area contributed by atoms with Gasteiger partial charge in [0.25, 0.3) is 0 Å². The minimum Gasteiger partial charge on any atom is -0.462 e. The lowest BCUT2D eigenvalue weighted by Gasteiger charge is -2.69. The second kappa shape index (κ2) is 8.62. The summed E-state index contributed by atoms with van der Waals surface area (Å²) >= 11 is 0. The first-order valence-corrected chi connectivity index (χ1v) is 14.0. The van der Waals surface area contributed by atoms with Crippen LogP contribution in [0.15, 0.2) is 0 Å². The maximum atomic E-state index is 12.9. The van der Waals surface area contributed by atoms with Crippen LogP contribution in [0.5, 0.6) is 0 Å². The molecular weight excluding hydrogens is 478 g/mol. The predicted octanol–water partition coefficient (Wildman–Crippen LogP) is 1.64. The van der Waals surface area contributed by atoms with Gasteiger partial charge in [-0.3, -0.25) is 14.5 Å². The third kappa shape index (κ3) is 2.98. The van der Waals surface area contributed by atoms with Gasteiger partial charge in [-0.1, -0.05) is 6.92 Å². The van der Waals surface area contributed by atoms with Crippen molar-refractivity contribution in [2.24, 2.45) is 40.4 Å². The highest BCUT2D eigenvalue weighted by Gasteiger charge is 2.87. The third-order valence-electron chi connectivity index (χ3n) is 11.7. The van der Waals surface area contributed by atoms with Gasteiger partial charge in [-0.05, 0) is 31.7 Å². The van der Waals surface area contributed by atoms with Crippen LogP contribution in [0.4, 0.5) is 0 Å². The molecule has 6 aliphatic rings. The fourth-order valence-corrected chi connectivity index (χ4v) is 11.4. The van der Waals surface area contributed by atoms with Crippen LogP contribution in [0.1, 0.15) is 46.5 Å². The van der Waals surface area contributed by atoms with Crippen molar-refractivity contribution < 1.29 is 38.4 Å². The van der Waals surface area contributed by atoms with Crippen molar-refractivity contribution >= 4 is 11.9 Å². The van der Waals surface area contributed by atoms with Gasteiger partial charge in [0.2, 0.25) is 0 Å². The second-order valence-electron chi connectivity index (χ2n) is 12.7. The van der Waals surface area contributed by atoms with Crippen molar-refractivity contribution in [3.05, 3.63) is 0 Å². The van der Waals surface area contributed by atoms with Gasteiger partial charge in [-0.15, -0.1) is 0 Å². The number of hydrogen-bond acceptors (Lipinski definition) is 9. The number of fused-ring (bicyclic) bond motifs is 2. The van der Waals surface area contributed by atoms with Crippen LogP contribution in [0.2, 0.25) is 0 Å². The fraction of sp³-hybridized carbons (Fsp3) is 0.929. The van der Waals surface area contributed by atoms with E-state index in [9.17, 15) is 14.7 Å². The summed E-state index contributed by atoms with van der Waals surface area (Å²) in [5.74, 6) is -1.05. The zero-order chi connectivity index (χ0) is 26.5. The first-order chi connectivity index (χ1) is 17.7. The van der Waals surface area contributed by atoms with E-state index in [0.29, 0.717) is 19.4 Å². The molecule has 6 fully saturated rings. The minimum atomic E-state index is -0.922. The maximum absolute atomic E-state index is 12.9. The molecule has 7 bridgehead atoms. The van der Waals surface area contributed by atoms with Crippen molar-refractivity contribution in [1.82, 2.24) is 4.90 Å². The number of aliphatic hydroxyl groups excluding tert-OH is 1. The summed E-state index contributed by atoms with van der Waals surface area (Å²) in [4.78, 5) is 27.8. The van der Waals surface area contributed by atoms with Crippen molar-refractivity contribution in [3.8, 4) is 0 Å². The highest BCUT2D eigenvalue weighted by Crippen LogP contribution is 2.80. The number of ether oxygens (including phenoxy) is 5. The average molecular weight is 522 g/mol. The number of carbonyl (C=O) groups is 2. The molecule has 0 aromatic heterocycles. The summed E-state index contributed by atoms with van der Waals surface area (Å²) in [5, 5.41) is 12.1. The van der Waals surface area contributed by atoms with Crippen LogP contribution in [0.3, 0.4) is 0 Å². The monoisotopic (exact) mass is 521 g/mol. The van der Waals surface area contributed by atoms with Crippen LogP contribution >= 0.6 is 0 Å². The molecule has 5 saturated carbocycles. The Balaban J connectivity index is 1.65. The van der Waals surface area contributed by atoms with Gasteiger partial charge in [-0.2, -0.15) is 0 Å². The topological polar surface area (TPSA) is 104 Å². The number of hydrogen-bond donors (Lipinski definition) is 1. The largest absolute Gasteiger partial charge is 0.462 e. The number of esters is 2. The molecule has 208 valence electrons. The van der Waals surface area contributed by atoms with Crippen LogP contribution in [0.25, 0.3) is 0 Å². The summed E-state index contributed by atoms with van der Waals surface area (Å²) in [6, 6.07) is -0.0133. The summed E-state index contributed by atoms with van der Waals surface area (Å²) in [6.07, 6.45) is 1.46. The van der Waals surface area contributed by atoms with Crippen molar-refractivity contribution in [2.45, 2.75) is 82.5 Å². The Morgan fingerprint density at radius 2 is 1.81 bits per heavy atom. The van der Waals surface area contributed by atoms with E-state index in [1.54, 1.807) is 21.3 Å². The quantitative estimate of drug-likeness (QED) is 0.501. The molecule has 0 aromatic rings. The number of rotatable bonds is 7. The first kappa shape index (κ1) is 26.0. The molecule has 9 nitrogen and oxygen atoms in total.